The van der Waals surface area contributed by atoms with Crippen LogP contribution < -0.4 is 9.47 Å². The lowest BCUT2D eigenvalue weighted by Crippen LogP contribution is -2.58. The third kappa shape index (κ3) is 11.2. The standard InChI is InChI=1S/2C29H33FN8O/c2*1-36(2)17-20-11-22(30)13-25(12-20)39-24-4-9-37(10-5-24)23-14-29(15-23,6-7-31)38-18-21(16-35-38)27-26-3-8-32-28(26)34-19-33-27/h2*3,8,11-13,16,18-19,23-24H,4-6,9-10,14-15,17H2,1-2H3,(H,32,33,34). The number of ether oxygens (including phenoxy) is 2. The second kappa shape index (κ2) is 22.4. The molecule has 2 aromatic carbocycles. The van der Waals surface area contributed by atoms with Gasteiger partial charge in [-0.3, -0.25) is 19.2 Å². The number of likely N-dealkylation sites (tertiary alicyclic amines) is 2. The number of aromatic nitrogens is 10. The maximum Gasteiger partial charge on any atom is 0.141 e. The van der Waals surface area contributed by atoms with Crippen LogP contribution in [-0.2, 0) is 24.2 Å². The number of benzene rings is 2. The van der Waals surface area contributed by atoms with Crippen LogP contribution in [0.1, 0.15) is 75.3 Å². The van der Waals surface area contributed by atoms with E-state index >= 15 is 0 Å². The lowest BCUT2D eigenvalue weighted by molar-refractivity contribution is -0.0209. The summed E-state index contributed by atoms with van der Waals surface area (Å²) >= 11 is 0. The Morgan fingerprint density at radius 1 is 0.603 bits per heavy atom. The molecule has 20 heteroatoms. The Kier molecular flexibility index (Phi) is 15.0. The first-order valence-corrected chi connectivity index (χ1v) is 27.0. The van der Waals surface area contributed by atoms with E-state index < -0.39 is 0 Å². The highest BCUT2D eigenvalue weighted by Gasteiger charge is 2.50. The van der Waals surface area contributed by atoms with Crippen molar-refractivity contribution in [2.45, 2.75) is 113 Å². The molecule has 0 spiro atoms. The van der Waals surface area contributed by atoms with Crippen LogP contribution >= 0.6 is 0 Å². The van der Waals surface area contributed by atoms with E-state index in [0.29, 0.717) is 49.5 Å². The molecule has 0 bridgehead atoms. The highest BCUT2D eigenvalue weighted by atomic mass is 19.1. The number of halogens is 2. The van der Waals surface area contributed by atoms with E-state index in [9.17, 15) is 19.3 Å². The SMILES string of the molecule is CN(C)Cc1cc(F)cc(OC2CCN(C3CC(CC#N)(n4cc(-c5ncnc6[nH]ccc56)cn4)C3)CC2)c1.CN(C)Cc1cc(F)cc(OC2CCN(C3CC(CC#N)(n4cc(-c5ncnc6[nH]ccc56)cn4)C3)CC2)c1. The topological polar surface area (TPSA) is 198 Å². The number of nitrogens with one attached hydrogen (secondary N) is 2. The number of hydrogen-bond donors (Lipinski definition) is 2. The van der Waals surface area contributed by atoms with Crippen LogP contribution in [0.2, 0.25) is 0 Å². The molecule has 2 saturated carbocycles. The highest BCUT2D eigenvalue weighted by Crippen LogP contribution is 2.47. The maximum atomic E-state index is 14.1. The van der Waals surface area contributed by atoms with E-state index in [1.54, 1.807) is 24.8 Å². The second-order valence-corrected chi connectivity index (χ2v) is 22.3. The minimum atomic E-state index is -0.306. The fourth-order valence-corrected chi connectivity index (χ4v) is 12.3. The number of piperidine rings is 2. The molecule has 2 N–H and O–H groups in total. The van der Waals surface area contributed by atoms with Crippen LogP contribution in [0.4, 0.5) is 8.78 Å². The summed E-state index contributed by atoms with van der Waals surface area (Å²) in [4.78, 5) is 32.8. The lowest BCUT2D eigenvalue weighted by Gasteiger charge is -2.52. The van der Waals surface area contributed by atoms with Crippen molar-refractivity contribution in [1.29, 1.82) is 10.5 Å². The minimum absolute atomic E-state index is 0.0750. The van der Waals surface area contributed by atoms with Crippen LogP contribution in [0.5, 0.6) is 11.5 Å². The predicted octanol–water partition coefficient (Wildman–Crippen LogP) is 8.67. The monoisotopic (exact) mass is 1060 g/mol. The molecular formula is C58H66F2N16O2. The molecule has 0 amide bonds. The Morgan fingerprint density at radius 3 is 1.40 bits per heavy atom. The van der Waals surface area contributed by atoms with Gasteiger partial charge in [-0.2, -0.15) is 20.7 Å². The largest absolute Gasteiger partial charge is 0.490 e. The van der Waals surface area contributed by atoms with Crippen molar-refractivity contribution in [1.82, 2.24) is 69.1 Å². The average Bonchev–Trinajstić information content (AvgIpc) is 4.27. The Labute approximate surface area is 452 Å². The summed E-state index contributed by atoms with van der Waals surface area (Å²) in [7, 11) is 7.88. The zero-order valence-electron chi connectivity index (χ0n) is 44.7. The van der Waals surface area contributed by atoms with Crippen LogP contribution in [0, 0.1) is 34.3 Å². The molecule has 4 aliphatic rings. The second-order valence-electron chi connectivity index (χ2n) is 22.3. The molecule has 8 heterocycles. The van der Waals surface area contributed by atoms with Gasteiger partial charge < -0.3 is 29.2 Å². The first-order valence-electron chi connectivity index (χ1n) is 27.0. The van der Waals surface area contributed by atoms with Gasteiger partial charge in [0.1, 0.15) is 59.3 Å². The molecule has 8 aromatic rings. The summed E-state index contributed by atoms with van der Waals surface area (Å²) in [6, 6.07) is 19.5. The van der Waals surface area contributed by atoms with Gasteiger partial charge >= 0.3 is 0 Å². The number of H-pyrrole nitrogens is 2. The number of fused-ring (bicyclic) bond motifs is 2. The van der Waals surface area contributed by atoms with Gasteiger partial charge in [-0.1, -0.05) is 0 Å². The van der Waals surface area contributed by atoms with E-state index in [0.717, 1.165) is 133 Å². The van der Waals surface area contributed by atoms with Crippen molar-refractivity contribution in [2.24, 2.45) is 0 Å². The third-order valence-electron chi connectivity index (χ3n) is 16.1. The summed E-state index contributed by atoms with van der Waals surface area (Å²) < 4.78 is 44.6. The van der Waals surface area contributed by atoms with E-state index in [4.69, 9.17) is 9.47 Å². The number of hydrogen-bond acceptors (Lipinski definition) is 14. The van der Waals surface area contributed by atoms with Crippen molar-refractivity contribution in [3.8, 4) is 46.2 Å². The van der Waals surface area contributed by atoms with Gasteiger partial charge in [-0.05, 0) is 127 Å². The quantitative estimate of drug-likeness (QED) is 0.0932. The van der Waals surface area contributed by atoms with Crippen molar-refractivity contribution >= 4 is 22.1 Å². The predicted molar refractivity (Wildman–Crippen MR) is 291 cm³/mol. The Bertz CT molecular complexity index is 3210. The molecule has 0 radical (unpaired) electrons. The lowest BCUT2D eigenvalue weighted by atomic mass is 9.69. The summed E-state index contributed by atoms with van der Waals surface area (Å²) in [6.45, 7) is 5.05. The van der Waals surface area contributed by atoms with E-state index in [2.05, 4.69) is 62.0 Å². The van der Waals surface area contributed by atoms with Gasteiger partial charge in [0, 0.05) is 110 Å². The zero-order valence-corrected chi connectivity index (χ0v) is 44.7. The van der Waals surface area contributed by atoms with Crippen LogP contribution in [0.15, 0.2) is 98.4 Å². The molecule has 78 heavy (non-hydrogen) atoms. The van der Waals surface area contributed by atoms with Crippen molar-refractivity contribution in [2.75, 3.05) is 54.4 Å². The van der Waals surface area contributed by atoms with Crippen molar-refractivity contribution < 1.29 is 18.3 Å². The normalized spacial score (nSPS) is 22.2. The first kappa shape index (κ1) is 52.4. The fraction of sp³-hybridized carbons (Fsp3) is 0.448. The van der Waals surface area contributed by atoms with Gasteiger partial charge in [0.15, 0.2) is 0 Å². The molecule has 0 atom stereocenters. The Hall–Kier alpha value is -7.62. The van der Waals surface area contributed by atoms with Crippen LogP contribution in [-0.4, -0.2) is 148 Å². The van der Waals surface area contributed by atoms with Gasteiger partial charge in [0.25, 0.3) is 0 Å². The van der Waals surface area contributed by atoms with Gasteiger partial charge in [0.05, 0.1) is 59.8 Å². The third-order valence-corrected chi connectivity index (χ3v) is 16.1. The maximum absolute atomic E-state index is 14.1. The first-order chi connectivity index (χ1) is 37.8. The van der Waals surface area contributed by atoms with E-state index in [1.165, 1.54) is 12.1 Å². The Morgan fingerprint density at radius 2 is 1.01 bits per heavy atom. The molecule has 2 aliphatic heterocycles. The smallest absolute Gasteiger partial charge is 0.141 e. The summed E-state index contributed by atoms with van der Waals surface area (Å²) in [5.74, 6) is 0.697. The van der Waals surface area contributed by atoms with Crippen LogP contribution in [0.3, 0.4) is 0 Å². The molecule has 6 aromatic heterocycles. The molecule has 404 valence electrons. The number of nitriles is 2. The number of aromatic amines is 2. The Balaban J connectivity index is 0.000000165. The van der Waals surface area contributed by atoms with Gasteiger partial charge in [-0.15, -0.1) is 0 Å². The van der Waals surface area contributed by atoms with Gasteiger partial charge in [-0.25, -0.2) is 28.7 Å². The zero-order chi connectivity index (χ0) is 54.0. The van der Waals surface area contributed by atoms with E-state index in [-0.39, 0.29) is 34.9 Å². The highest BCUT2D eigenvalue weighted by molar-refractivity contribution is 5.90. The molecule has 2 saturated heterocycles. The van der Waals surface area contributed by atoms with Crippen molar-refractivity contribution in [3.05, 3.63) is 121 Å². The minimum Gasteiger partial charge on any atom is -0.490 e. The summed E-state index contributed by atoms with van der Waals surface area (Å²) in [5, 5.41) is 30.6. The number of nitrogens with zero attached hydrogens (tertiary/aromatic N) is 14. The van der Waals surface area contributed by atoms with Gasteiger partial charge in [0.2, 0.25) is 0 Å². The van der Waals surface area contributed by atoms with Crippen LogP contribution in [0.25, 0.3) is 44.6 Å². The molecule has 2 aliphatic carbocycles. The van der Waals surface area contributed by atoms with Crippen molar-refractivity contribution in [3.63, 3.8) is 0 Å². The molecule has 0 unspecified atom stereocenters. The van der Waals surface area contributed by atoms with E-state index in [1.807, 2.05) is 109 Å². The molecular weight excluding hydrogens is 991 g/mol. The molecule has 12 rings (SSSR count). The average molecular weight is 1060 g/mol. The number of rotatable bonds is 16. The summed E-state index contributed by atoms with van der Waals surface area (Å²) in [5.41, 5.74) is 6.32. The molecule has 4 fully saturated rings. The fourth-order valence-electron chi connectivity index (χ4n) is 12.3. The summed E-state index contributed by atoms with van der Waals surface area (Å²) in [6.07, 6.45) is 22.6. The molecule has 18 nitrogen and oxygen atoms in total.